The molecule has 0 radical (unpaired) electrons. The molecule has 0 fully saturated rings. The summed E-state index contributed by atoms with van der Waals surface area (Å²) in [6.45, 7) is 9.55. The van der Waals surface area contributed by atoms with Gasteiger partial charge in [-0.2, -0.15) is 0 Å². The van der Waals surface area contributed by atoms with E-state index in [2.05, 4.69) is 9.83 Å². The number of hydrogen-bond donors (Lipinski definition) is 1. The zero-order chi connectivity index (χ0) is 19.2. The van der Waals surface area contributed by atoms with Crippen molar-refractivity contribution in [3.05, 3.63) is 94.5 Å². The lowest BCUT2D eigenvalue weighted by molar-refractivity contribution is 0.0999. The van der Waals surface area contributed by atoms with E-state index in [9.17, 15) is 4.79 Å². The Hall–Kier alpha value is -3.65. The standard InChI is InChI=1S/C22H19N3O2/c1-15-10-18(6-7-20(15)22(23)26)21-12-17(8-9-25-21)14-27-19-5-3-4-16(11-19)13-24-2/h3-12H,13-14H2,1H3,(H2,23,26). The molecule has 0 unspecified atom stereocenters. The number of aromatic nitrogens is 1. The molecule has 5 nitrogen and oxygen atoms in total. The van der Waals surface area contributed by atoms with Crippen molar-refractivity contribution in [2.45, 2.75) is 20.1 Å². The third-order valence-corrected chi connectivity index (χ3v) is 4.18. The topological polar surface area (TPSA) is 69.6 Å². The van der Waals surface area contributed by atoms with Crippen molar-refractivity contribution in [1.29, 1.82) is 0 Å². The Bertz CT molecular complexity index is 1020. The number of primary amides is 1. The van der Waals surface area contributed by atoms with Crippen LogP contribution in [0.5, 0.6) is 5.75 Å². The van der Waals surface area contributed by atoms with E-state index in [-0.39, 0.29) is 0 Å². The van der Waals surface area contributed by atoms with Crippen molar-refractivity contribution in [1.82, 2.24) is 4.98 Å². The zero-order valence-corrected chi connectivity index (χ0v) is 15.0. The number of aryl methyl sites for hydroxylation is 1. The van der Waals surface area contributed by atoms with Crippen molar-refractivity contribution in [3.8, 4) is 17.0 Å². The van der Waals surface area contributed by atoms with Gasteiger partial charge in [0.1, 0.15) is 12.4 Å². The van der Waals surface area contributed by atoms with E-state index in [0.717, 1.165) is 33.7 Å². The maximum atomic E-state index is 11.4. The zero-order valence-electron chi connectivity index (χ0n) is 15.0. The minimum absolute atomic E-state index is 0.344. The Morgan fingerprint density at radius 3 is 2.74 bits per heavy atom. The first-order valence-electron chi connectivity index (χ1n) is 8.47. The Morgan fingerprint density at radius 1 is 1.15 bits per heavy atom. The molecular formula is C22H19N3O2. The Labute approximate surface area is 158 Å². The largest absolute Gasteiger partial charge is 0.489 e. The number of carbonyl (C=O) groups excluding carboxylic acids is 1. The summed E-state index contributed by atoms with van der Waals surface area (Å²) >= 11 is 0. The molecule has 0 saturated heterocycles. The molecule has 1 heterocycles. The van der Waals surface area contributed by atoms with E-state index in [0.29, 0.717) is 18.7 Å². The van der Waals surface area contributed by atoms with Crippen LogP contribution in [0.1, 0.15) is 27.0 Å². The maximum absolute atomic E-state index is 11.4. The van der Waals surface area contributed by atoms with Crippen molar-refractivity contribution in [2.24, 2.45) is 5.73 Å². The fourth-order valence-electron chi connectivity index (χ4n) is 2.81. The third kappa shape index (κ3) is 4.50. The molecule has 0 aliphatic heterocycles. The van der Waals surface area contributed by atoms with Gasteiger partial charge in [0.25, 0.3) is 0 Å². The highest BCUT2D eigenvalue weighted by molar-refractivity contribution is 5.94. The van der Waals surface area contributed by atoms with Crippen LogP contribution >= 0.6 is 0 Å². The molecule has 134 valence electrons. The number of ether oxygens (including phenoxy) is 1. The van der Waals surface area contributed by atoms with E-state index in [1.54, 1.807) is 12.3 Å². The Kier molecular flexibility index (Phi) is 5.48. The highest BCUT2D eigenvalue weighted by Crippen LogP contribution is 2.22. The molecule has 0 atom stereocenters. The van der Waals surface area contributed by atoms with Crippen LogP contribution in [0.25, 0.3) is 16.1 Å². The number of benzene rings is 2. The summed E-state index contributed by atoms with van der Waals surface area (Å²) in [5.74, 6) is 0.297. The van der Waals surface area contributed by atoms with Gasteiger partial charge < -0.3 is 15.3 Å². The molecule has 0 spiro atoms. The number of hydrogen-bond acceptors (Lipinski definition) is 3. The molecular weight excluding hydrogens is 338 g/mol. The first-order chi connectivity index (χ1) is 13.1. The quantitative estimate of drug-likeness (QED) is 0.674. The van der Waals surface area contributed by atoms with Crippen molar-refractivity contribution < 1.29 is 9.53 Å². The Balaban J connectivity index is 1.76. The van der Waals surface area contributed by atoms with Gasteiger partial charge in [-0.1, -0.05) is 18.2 Å². The number of rotatable bonds is 6. The molecule has 3 aromatic rings. The van der Waals surface area contributed by atoms with Crippen molar-refractivity contribution in [3.63, 3.8) is 0 Å². The first-order valence-corrected chi connectivity index (χ1v) is 8.47. The van der Waals surface area contributed by atoms with E-state index in [4.69, 9.17) is 17.0 Å². The van der Waals surface area contributed by atoms with Gasteiger partial charge in [-0.15, -0.1) is 0 Å². The molecule has 0 aliphatic rings. The molecule has 0 saturated carbocycles. The summed E-state index contributed by atoms with van der Waals surface area (Å²) in [5.41, 5.74) is 10.3. The van der Waals surface area contributed by atoms with Gasteiger partial charge in [-0.3, -0.25) is 9.78 Å². The average Bonchev–Trinajstić information content (AvgIpc) is 2.67. The number of amides is 1. The predicted octanol–water partition coefficient (Wildman–Crippen LogP) is 4.15. The summed E-state index contributed by atoms with van der Waals surface area (Å²) in [7, 11) is 0. The number of nitrogens with two attached hydrogens (primary N) is 1. The highest BCUT2D eigenvalue weighted by Gasteiger charge is 2.08. The van der Waals surface area contributed by atoms with Crippen LogP contribution < -0.4 is 10.5 Å². The second-order valence-electron chi connectivity index (χ2n) is 6.20. The van der Waals surface area contributed by atoms with Gasteiger partial charge >= 0.3 is 0 Å². The second-order valence-corrected chi connectivity index (χ2v) is 6.20. The lowest BCUT2D eigenvalue weighted by atomic mass is 10.0. The van der Waals surface area contributed by atoms with Gasteiger partial charge in [0, 0.05) is 22.9 Å². The van der Waals surface area contributed by atoms with Crippen molar-refractivity contribution in [2.75, 3.05) is 0 Å². The lowest BCUT2D eigenvalue weighted by Gasteiger charge is -2.09. The average molecular weight is 357 g/mol. The van der Waals surface area contributed by atoms with Gasteiger partial charge in [-0.25, -0.2) is 6.57 Å². The van der Waals surface area contributed by atoms with Crippen LogP contribution in [0.15, 0.2) is 60.8 Å². The monoisotopic (exact) mass is 357 g/mol. The van der Waals surface area contributed by atoms with Gasteiger partial charge in [0.15, 0.2) is 0 Å². The van der Waals surface area contributed by atoms with Gasteiger partial charge in [0.05, 0.1) is 5.69 Å². The van der Waals surface area contributed by atoms with E-state index >= 15 is 0 Å². The third-order valence-electron chi connectivity index (χ3n) is 4.18. The van der Waals surface area contributed by atoms with Crippen LogP contribution in [-0.2, 0) is 13.2 Å². The summed E-state index contributed by atoms with van der Waals surface area (Å²) in [4.78, 5) is 19.2. The summed E-state index contributed by atoms with van der Waals surface area (Å²) in [6, 6.07) is 16.9. The van der Waals surface area contributed by atoms with Crippen LogP contribution in [0, 0.1) is 13.5 Å². The van der Waals surface area contributed by atoms with Gasteiger partial charge in [0.2, 0.25) is 12.5 Å². The number of nitrogens with zero attached hydrogens (tertiary/aromatic N) is 2. The van der Waals surface area contributed by atoms with Gasteiger partial charge in [-0.05, 0) is 54.4 Å². The predicted molar refractivity (Wildman–Crippen MR) is 104 cm³/mol. The minimum atomic E-state index is -0.436. The molecule has 0 bridgehead atoms. The fraction of sp³-hybridized carbons (Fsp3) is 0.136. The molecule has 27 heavy (non-hydrogen) atoms. The SMILES string of the molecule is [C-]#[N+]Cc1cccc(OCc2ccnc(-c3ccc(C(N)=O)c(C)c3)c2)c1. The number of carbonyl (C=O) groups is 1. The second kappa shape index (κ2) is 8.15. The first kappa shape index (κ1) is 18.2. The van der Waals surface area contributed by atoms with Crippen LogP contribution in [0.4, 0.5) is 0 Å². The number of pyridine rings is 1. The molecule has 5 heteroatoms. The summed E-state index contributed by atoms with van der Waals surface area (Å²) in [6.07, 6.45) is 1.74. The smallest absolute Gasteiger partial charge is 0.248 e. The minimum Gasteiger partial charge on any atom is -0.489 e. The van der Waals surface area contributed by atoms with Crippen molar-refractivity contribution >= 4 is 5.91 Å². The molecule has 1 amide bonds. The Morgan fingerprint density at radius 2 is 2.00 bits per heavy atom. The molecule has 2 aromatic carbocycles. The normalized spacial score (nSPS) is 10.2. The van der Waals surface area contributed by atoms with Crippen LogP contribution in [0.2, 0.25) is 0 Å². The van der Waals surface area contributed by atoms with E-state index in [1.807, 2.05) is 55.5 Å². The molecule has 0 aliphatic carbocycles. The summed E-state index contributed by atoms with van der Waals surface area (Å²) in [5, 5.41) is 0. The van der Waals surface area contributed by atoms with E-state index < -0.39 is 5.91 Å². The fourth-order valence-corrected chi connectivity index (χ4v) is 2.81. The van der Waals surface area contributed by atoms with Crippen LogP contribution in [0.3, 0.4) is 0 Å². The maximum Gasteiger partial charge on any atom is 0.248 e. The molecule has 2 N–H and O–H groups in total. The molecule has 1 aromatic heterocycles. The van der Waals surface area contributed by atoms with Crippen LogP contribution in [-0.4, -0.2) is 10.9 Å². The highest BCUT2D eigenvalue weighted by atomic mass is 16.5. The lowest BCUT2D eigenvalue weighted by Crippen LogP contribution is -2.12. The molecule has 3 rings (SSSR count). The van der Waals surface area contributed by atoms with E-state index in [1.165, 1.54) is 0 Å². The summed E-state index contributed by atoms with van der Waals surface area (Å²) < 4.78 is 5.85.